The zero-order valence-electron chi connectivity index (χ0n) is 7.38. The maximum atomic E-state index is 9.86. The molecule has 12 heavy (non-hydrogen) atoms. The van der Waals surface area contributed by atoms with Crippen LogP contribution in [0.5, 0.6) is 0 Å². The lowest BCUT2D eigenvalue weighted by Crippen LogP contribution is -2.60. The second-order valence-corrected chi connectivity index (χ2v) is 4.09. The second-order valence-electron chi connectivity index (χ2n) is 4.09. The van der Waals surface area contributed by atoms with E-state index in [-0.39, 0.29) is 5.60 Å². The van der Waals surface area contributed by atoms with E-state index in [2.05, 4.69) is 5.32 Å². The average Bonchev–Trinajstić information content (AvgIpc) is 2.04. The van der Waals surface area contributed by atoms with E-state index >= 15 is 0 Å². The van der Waals surface area contributed by atoms with E-state index in [4.69, 9.17) is 4.74 Å². The first-order valence-electron chi connectivity index (χ1n) is 4.79. The summed E-state index contributed by atoms with van der Waals surface area (Å²) in [5, 5.41) is 13.0. The molecule has 2 aliphatic rings. The Hall–Kier alpha value is -0.120. The Labute approximate surface area is 73.1 Å². The Morgan fingerprint density at radius 3 is 2.50 bits per heavy atom. The van der Waals surface area contributed by atoms with Gasteiger partial charge in [0.25, 0.3) is 0 Å². The molecular weight excluding hydrogens is 154 g/mol. The Morgan fingerprint density at radius 1 is 1.33 bits per heavy atom. The van der Waals surface area contributed by atoms with E-state index < -0.39 is 0 Å². The summed E-state index contributed by atoms with van der Waals surface area (Å²) >= 11 is 0. The van der Waals surface area contributed by atoms with Crippen molar-refractivity contribution in [2.24, 2.45) is 5.92 Å². The molecule has 0 spiro atoms. The van der Waals surface area contributed by atoms with Crippen LogP contribution in [-0.2, 0) is 4.74 Å². The molecule has 2 fully saturated rings. The molecule has 70 valence electrons. The van der Waals surface area contributed by atoms with Crippen molar-refractivity contribution in [2.45, 2.75) is 24.9 Å². The lowest BCUT2D eigenvalue weighted by molar-refractivity contribution is -0.0461. The molecule has 0 atom stereocenters. The summed E-state index contributed by atoms with van der Waals surface area (Å²) in [5.74, 6) is 0.686. The fourth-order valence-corrected chi connectivity index (χ4v) is 2.05. The predicted molar refractivity (Wildman–Crippen MR) is 46.0 cm³/mol. The summed E-state index contributed by atoms with van der Waals surface area (Å²) in [6, 6.07) is 0. The first-order chi connectivity index (χ1) is 5.79. The van der Waals surface area contributed by atoms with Gasteiger partial charge in [0.1, 0.15) is 0 Å². The van der Waals surface area contributed by atoms with Crippen LogP contribution in [0.15, 0.2) is 0 Å². The highest BCUT2D eigenvalue weighted by Crippen LogP contribution is 2.27. The molecule has 2 saturated heterocycles. The van der Waals surface area contributed by atoms with Crippen LogP contribution in [-0.4, -0.2) is 37.0 Å². The van der Waals surface area contributed by atoms with Gasteiger partial charge in [-0.05, 0) is 25.2 Å². The van der Waals surface area contributed by atoms with Crippen LogP contribution >= 0.6 is 0 Å². The third-order valence-electron chi connectivity index (χ3n) is 2.92. The Kier molecular flexibility index (Phi) is 2.35. The molecule has 0 aromatic heterocycles. The van der Waals surface area contributed by atoms with Crippen LogP contribution in [0.4, 0.5) is 0 Å². The number of hydrogen-bond donors (Lipinski definition) is 2. The van der Waals surface area contributed by atoms with Crippen LogP contribution < -0.4 is 5.32 Å². The van der Waals surface area contributed by atoms with Crippen molar-refractivity contribution < 1.29 is 9.84 Å². The van der Waals surface area contributed by atoms with Crippen molar-refractivity contribution >= 4 is 0 Å². The first-order valence-corrected chi connectivity index (χ1v) is 4.79. The maximum absolute atomic E-state index is 9.86. The Bertz CT molecular complexity index is 151. The molecule has 2 N–H and O–H groups in total. The third-order valence-corrected chi connectivity index (χ3v) is 2.92. The number of rotatable bonds is 2. The summed E-state index contributed by atoms with van der Waals surface area (Å²) in [7, 11) is 0. The lowest BCUT2D eigenvalue weighted by Gasteiger charge is -2.40. The zero-order valence-corrected chi connectivity index (χ0v) is 7.38. The fourth-order valence-electron chi connectivity index (χ4n) is 2.05. The number of aliphatic hydroxyl groups is 1. The molecule has 3 nitrogen and oxygen atoms in total. The normalized spacial score (nSPS) is 29.8. The van der Waals surface area contributed by atoms with Crippen LogP contribution in [0.1, 0.15) is 19.3 Å². The number of hydrogen-bond acceptors (Lipinski definition) is 3. The average molecular weight is 171 g/mol. The summed E-state index contributed by atoms with van der Waals surface area (Å²) < 4.78 is 5.27. The molecule has 0 aromatic rings. The van der Waals surface area contributed by atoms with Crippen LogP contribution in [0.25, 0.3) is 0 Å². The molecule has 0 aromatic carbocycles. The highest BCUT2D eigenvalue weighted by Gasteiger charge is 2.36. The van der Waals surface area contributed by atoms with Crippen molar-refractivity contribution in [1.82, 2.24) is 5.32 Å². The van der Waals surface area contributed by atoms with Gasteiger partial charge in [-0.3, -0.25) is 0 Å². The van der Waals surface area contributed by atoms with Crippen molar-refractivity contribution in [2.75, 3.05) is 26.3 Å². The minimum atomic E-state index is -0.387. The van der Waals surface area contributed by atoms with Crippen molar-refractivity contribution in [3.8, 4) is 0 Å². The van der Waals surface area contributed by atoms with E-state index in [1.165, 1.54) is 0 Å². The fraction of sp³-hybridized carbons (Fsp3) is 1.00. The van der Waals surface area contributed by atoms with Crippen molar-refractivity contribution in [3.05, 3.63) is 0 Å². The Morgan fingerprint density at radius 2 is 2.00 bits per heavy atom. The van der Waals surface area contributed by atoms with Gasteiger partial charge >= 0.3 is 0 Å². The quantitative estimate of drug-likeness (QED) is 0.621. The molecule has 0 radical (unpaired) electrons. The summed E-state index contributed by atoms with van der Waals surface area (Å²) in [4.78, 5) is 0. The molecule has 0 saturated carbocycles. The van der Waals surface area contributed by atoms with E-state index in [0.29, 0.717) is 5.92 Å². The number of β-amino-alcohol motifs (C(OH)–C–C–N with tert-alkyl or cyclic N) is 1. The molecule has 3 heteroatoms. The van der Waals surface area contributed by atoms with Gasteiger partial charge in [-0.25, -0.2) is 0 Å². The van der Waals surface area contributed by atoms with Gasteiger partial charge in [0, 0.05) is 26.3 Å². The molecular formula is C9H17NO2. The molecule has 0 amide bonds. The van der Waals surface area contributed by atoms with E-state index in [9.17, 15) is 5.11 Å². The van der Waals surface area contributed by atoms with Gasteiger partial charge in [0.05, 0.1) is 5.60 Å². The lowest BCUT2D eigenvalue weighted by atomic mass is 9.82. The molecule has 0 unspecified atom stereocenters. The zero-order chi connectivity index (χ0) is 8.44. The summed E-state index contributed by atoms with van der Waals surface area (Å²) in [6.07, 6.45) is 3.22. The highest BCUT2D eigenvalue weighted by molar-refractivity contribution is 4.94. The standard InChI is InChI=1S/C9H17NO2/c11-9(6-10-7-9)5-8-1-3-12-4-2-8/h8,10-11H,1-7H2. The topological polar surface area (TPSA) is 41.5 Å². The van der Waals surface area contributed by atoms with Gasteiger partial charge in [-0.15, -0.1) is 0 Å². The van der Waals surface area contributed by atoms with E-state index in [1.807, 2.05) is 0 Å². The largest absolute Gasteiger partial charge is 0.387 e. The van der Waals surface area contributed by atoms with Crippen molar-refractivity contribution in [1.29, 1.82) is 0 Å². The van der Waals surface area contributed by atoms with Gasteiger partial charge in [-0.2, -0.15) is 0 Å². The van der Waals surface area contributed by atoms with E-state index in [0.717, 1.165) is 45.6 Å². The minimum Gasteiger partial charge on any atom is -0.387 e. The number of nitrogens with one attached hydrogen (secondary N) is 1. The van der Waals surface area contributed by atoms with Crippen LogP contribution in [0.3, 0.4) is 0 Å². The van der Waals surface area contributed by atoms with Crippen molar-refractivity contribution in [3.63, 3.8) is 0 Å². The molecule has 0 aliphatic carbocycles. The maximum Gasteiger partial charge on any atom is 0.0897 e. The molecule has 0 bridgehead atoms. The summed E-state index contributed by atoms with van der Waals surface area (Å²) in [6.45, 7) is 3.33. The van der Waals surface area contributed by atoms with E-state index in [1.54, 1.807) is 0 Å². The molecule has 2 aliphatic heterocycles. The summed E-state index contributed by atoms with van der Waals surface area (Å²) in [5.41, 5.74) is -0.387. The van der Waals surface area contributed by atoms with Gasteiger partial charge in [0.15, 0.2) is 0 Å². The minimum absolute atomic E-state index is 0.387. The monoisotopic (exact) mass is 171 g/mol. The highest BCUT2D eigenvalue weighted by atomic mass is 16.5. The smallest absolute Gasteiger partial charge is 0.0897 e. The number of ether oxygens (including phenoxy) is 1. The van der Waals surface area contributed by atoms with Gasteiger partial charge in [-0.1, -0.05) is 0 Å². The predicted octanol–water partition coefficient (Wildman–Crippen LogP) is 0.137. The first kappa shape index (κ1) is 8.48. The van der Waals surface area contributed by atoms with Crippen LogP contribution in [0.2, 0.25) is 0 Å². The molecule has 2 heterocycles. The van der Waals surface area contributed by atoms with Gasteiger partial charge in [0.2, 0.25) is 0 Å². The SMILES string of the molecule is OC1(CC2CCOCC2)CNC1. The third kappa shape index (κ3) is 1.79. The second kappa shape index (κ2) is 3.32. The van der Waals surface area contributed by atoms with Gasteiger partial charge < -0.3 is 15.2 Å². The Balaban J connectivity index is 1.77. The molecule has 2 rings (SSSR count). The van der Waals surface area contributed by atoms with Crippen LogP contribution in [0, 0.1) is 5.92 Å².